The quantitative estimate of drug-likeness (QED) is 0.473. The summed E-state index contributed by atoms with van der Waals surface area (Å²) in [5.41, 5.74) is -0.802. The molecule has 1 aromatic carbocycles. The Morgan fingerprint density at radius 1 is 1.06 bits per heavy atom. The van der Waals surface area contributed by atoms with E-state index in [0.29, 0.717) is 24.4 Å². The van der Waals surface area contributed by atoms with Gasteiger partial charge >= 0.3 is 12.5 Å². The van der Waals surface area contributed by atoms with Gasteiger partial charge in [-0.05, 0) is 23.8 Å². The van der Waals surface area contributed by atoms with E-state index >= 15 is 0 Å². The van der Waals surface area contributed by atoms with Crippen molar-refractivity contribution in [3.63, 3.8) is 0 Å². The van der Waals surface area contributed by atoms with Crippen LogP contribution in [0.4, 0.5) is 26.3 Å². The number of hydrogen-bond acceptors (Lipinski definition) is 6. The maximum Gasteiger partial charge on any atom is 0.573 e. The molecule has 0 saturated heterocycles. The standard InChI is InChI=1S/C19H15F6N3O3S/c1-32(29,30)17-26-15(9-16(27-17)18(20,21)22)13-3-2-8-28(11-13)10-12-4-6-14(7-5-12)31-19(23,24)25/h2-7,9,11H,8,10H2,1H3. The number of benzene rings is 1. The summed E-state index contributed by atoms with van der Waals surface area (Å²) in [5, 5.41) is -0.950. The number of halogens is 6. The van der Waals surface area contributed by atoms with E-state index in [2.05, 4.69) is 14.7 Å². The molecule has 0 amide bonds. The van der Waals surface area contributed by atoms with Crippen molar-refractivity contribution in [2.24, 2.45) is 0 Å². The zero-order valence-electron chi connectivity index (χ0n) is 16.3. The highest BCUT2D eigenvalue weighted by Gasteiger charge is 2.35. The fraction of sp³-hybridized carbons (Fsp3) is 0.263. The fourth-order valence-electron chi connectivity index (χ4n) is 2.78. The Labute approximate surface area is 178 Å². The SMILES string of the molecule is CS(=O)(=O)c1nc(C2=CN(Cc3ccc(OC(F)(F)F)cc3)CC=C2)cc(C(F)(F)F)n1. The third-order valence-electron chi connectivity index (χ3n) is 4.13. The molecule has 0 N–H and O–H groups in total. The molecular weight excluding hydrogens is 464 g/mol. The number of sulfone groups is 1. The van der Waals surface area contributed by atoms with Gasteiger partial charge in [0.2, 0.25) is 15.0 Å². The third-order valence-corrected chi connectivity index (χ3v) is 4.97. The maximum atomic E-state index is 13.2. The Hall–Kier alpha value is -3.09. The number of rotatable bonds is 5. The van der Waals surface area contributed by atoms with Crippen molar-refractivity contribution in [3.8, 4) is 5.75 Å². The van der Waals surface area contributed by atoms with E-state index in [9.17, 15) is 34.8 Å². The summed E-state index contributed by atoms with van der Waals surface area (Å²) in [7, 11) is -4.11. The molecule has 0 aliphatic carbocycles. The van der Waals surface area contributed by atoms with Gasteiger partial charge in [0.15, 0.2) is 0 Å². The molecule has 0 radical (unpaired) electrons. The number of nitrogens with zero attached hydrogens (tertiary/aromatic N) is 3. The Bertz CT molecular complexity index is 1160. The molecule has 0 spiro atoms. The first-order valence-electron chi connectivity index (χ1n) is 8.84. The largest absolute Gasteiger partial charge is 0.573 e. The van der Waals surface area contributed by atoms with E-state index in [1.54, 1.807) is 11.0 Å². The van der Waals surface area contributed by atoms with Gasteiger partial charge < -0.3 is 9.64 Å². The molecular formula is C19H15F6N3O3S. The van der Waals surface area contributed by atoms with Crippen molar-refractivity contribution in [1.29, 1.82) is 0 Å². The van der Waals surface area contributed by atoms with Gasteiger partial charge in [-0.2, -0.15) is 13.2 Å². The minimum atomic E-state index is -4.88. The summed E-state index contributed by atoms with van der Waals surface area (Å²) in [4.78, 5) is 8.54. The van der Waals surface area contributed by atoms with Crippen molar-refractivity contribution >= 4 is 15.4 Å². The molecule has 1 aliphatic rings. The van der Waals surface area contributed by atoms with Gasteiger partial charge in [-0.15, -0.1) is 13.2 Å². The lowest BCUT2D eigenvalue weighted by Gasteiger charge is -2.23. The van der Waals surface area contributed by atoms with Crippen molar-refractivity contribution in [3.05, 3.63) is 65.6 Å². The van der Waals surface area contributed by atoms with E-state index in [1.165, 1.54) is 24.4 Å². The third kappa shape index (κ3) is 6.22. The predicted molar refractivity (Wildman–Crippen MR) is 101 cm³/mol. The predicted octanol–water partition coefficient (Wildman–Crippen LogP) is 4.21. The minimum absolute atomic E-state index is 0.214. The summed E-state index contributed by atoms with van der Waals surface area (Å²) in [6.45, 7) is 0.580. The van der Waals surface area contributed by atoms with Gasteiger partial charge in [0, 0.05) is 31.1 Å². The average molecular weight is 479 g/mol. The van der Waals surface area contributed by atoms with Crippen LogP contribution in [-0.2, 0) is 22.6 Å². The zero-order valence-corrected chi connectivity index (χ0v) is 17.1. The Morgan fingerprint density at radius 3 is 2.28 bits per heavy atom. The van der Waals surface area contributed by atoms with Crippen molar-refractivity contribution in [2.75, 3.05) is 12.8 Å². The second kappa shape index (κ2) is 8.45. The molecule has 2 aromatic rings. The molecule has 1 aliphatic heterocycles. The number of hydrogen-bond donors (Lipinski definition) is 0. The molecule has 6 nitrogen and oxygen atoms in total. The summed E-state index contributed by atoms with van der Waals surface area (Å²) >= 11 is 0. The molecule has 32 heavy (non-hydrogen) atoms. The molecule has 3 rings (SSSR count). The van der Waals surface area contributed by atoms with Crippen LogP contribution in [0.2, 0.25) is 0 Å². The Balaban J connectivity index is 1.87. The highest BCUT2D eigenvalue weighted by Crippen LogP contribution is 2.31. The van der Waals surface area contributed by atoms with Crippen LogP contribution in [0.1, 0.15) is 17.0 Å². The first-order valence-corrected chi connectivity index (χ1v) is 10.7. The molecule has 172 valence electrons. The van der Waals surface area contributed by atoms with Crippen LogP contribution in [0.15, 0.2) is 53.8 Å². The van der Waals surface area contributed by atoms with E-state index in [-0.39, 0.29) is 23.6 Å². The van der Waals surface area contributed by atoms with E-state index in [4.69, 9.17) is 0 Å². The van der Waals surface area contributed by atoms with Gasteiger partial charge in [-0.1, -0.05) is 24.3 Å². The number of ether oxygens (including phenoxy) is 1. The number of alkyl halides is 6. The molecule has 0 saturated carbocycles. The Kier molecular flexibility index (Phi) is 6.22. The Morgan fingerprint density at radius 2 is 1.72 bits per heavy atom. The van der Waals surface area contributed by atoms with Crippen LogP contribution in [0.3, 0.4) is 0 Å². The van der Waals surface area contributed by atoms with Crippen molar-refractivity contribution in [1.82, 2.24) is 14.9 Å². The summed E-state index contributed by atoms with van der Waals surface area (Å²) in [5.74, 6) is -0.384. The maximum absolute atomic E-state index is 13.2. The van der Waals surface area contributed by atoms with Crippen LogP contribution < -0.4 is 4.74 Å². The lowest BCUT2D eigenvalue weighted by molar-refractivity contribution is -0.274. The second-order valence-electron chi connectivity index (χ2n) is 6.80. The number of allylic oxidation sites excluding steroid dienone is 2. The van der Waals surface area contributed by atoms with Crippen LogP contribution in [0.5, 0.6) is 5.75 Å². The van der Waals surface area contributed by atoms with Crippen LogP contribution in [-0.4, -0.2) is 42.4 Å². The molecule has 1 aromatic heterocycles. The van der Waals surface area contributed by atoms with Gasteiger partial charge in [0.1, 0.15) is 11.4 Å². The molecule has 0 bridgehead atoms. The fourth-order valence-corrected chi connectivity index (χ4v) is 3.31. The van der Waals surface area contributed by atoms with Gasteiger partial charge in [-0.25, -0.2) is 18.4 Å². The second-order valence-corrected chi connectivity index (χ2v) is 8.71. The summed E-state index contributed by atoms with van der Waals surface area (Å²) < 4.78 is 104. The lowest BCUT2D eigenvalue weighted by Crippen LogP contribution is -2.21. The van der Waals surface area contributed by atoms with Gasteiger partial charge in [0.25, 0.3) is 0 Å². The first-order chi connectivity index (χ1) is 14.7. The highest BCUT2D eigenvalue weighted by molar-refractivity contribution is 7.90. The average Bonchev–Trinajstić information content (AvgIpc) is 2.67. The van der Waals surface area contributed by atoms with Crippen LogP contribution in [0, 0.1) is 0 Å². The monoisotopic (exact) mass is 479 g/mol. The lowest BCUT2D eigenvalue weighted by atomic mass is 10.1. The van der Waals surface area contributed by atoms with E-state index < -0.39 is 33.2 Å². The molecule has 0 unspecified atom stereocenters. The van der Waals surface area contributed by atoms with E-state index in [0.717, 1.165) is 12.1 Å². The van der Waals surface area contributed by atoms with E-state index in [1.807, 2.05) is 0 Å². The first kappa shape index (κ1) is 23.6. The minimum Gasteiger partial charge on any atom is -0.406 e. The van der Waals surface area contributed by atoms with Crippen LogP contribution >= 0.6 is 0 Å². The van der Waals surface area contributed by atoms with Crippen LogP contribution in [0.25, 0.3) is 5.57 Å². The van der Waals surface area contributed by atoms with Gasteiger partial charge in [-0.3, -0.25) is 0 Å². The molecule has 0 atom stereocenters. The normalized spacial score (nSPS) is 15.0. The summed E-state index contributed by atoms with van der Waals surface area (Å²) in [6, 6.07) is 5.77. The number of aromatic nitrogens is 2. The highest BCUT2D eigenvalue weighted by atomic mass is 32.2. The molecule has 13 heteroatoms. The van der Waals surface area contributed by atoms with Crippen molar-refractivity contribution in [2.45, 2.75) is 24.2 Å². The zero-order chi connectivity index (χ0) is 23.7. The molecule has 0 fully saturated rings. The topological polar surface area (TPSA) is 72.4 Å². The van der Waals surface area contributed by atoms with Gasteiger partial charge in [0.05, 0.1) is 5.69 Å². The molecule has 2 heterocycles. The smallest absolute Gasteiger partial charge is 0.406 e. The summed E-state index contributed by atoms with van der Waals surface area (Å²) in [6.07, 6.45) is -4.38. The van der Waals surface area contributed by atoms with Crippen molar-refractivity contribution < 1.29 is 39.5 Å².